The highest BCUT2D eigenvalue weighted by Crippen LogP contribution is 2.26. The SMILES string of the molecule is CC(CC(=O)c1cc(=O)[nH]c(-c2ccccc2)n1)c1cccc(-c2ccccc2)c1. The minimum atomic E-state index is -0.328. The summed E-state index contributed by atoms with van der Waals surface area (Å²) in [7, 11) is 0. The summed E-state index contributed by atoms with van der Waals surface area (Å²) >= 11 is 0. The lowest BCUT2D eigenvalue weighted by atomic mass is 9.92. The summed E-state index contributed by atoms with van der Waals surface area (Å²) in [6.45, 7) is 2.02. The Morgan fingerprint density at radius 1 is 0.833 bits per heavy atom. The zero-order valence-corrected chi connectivity index (χ0v) is 16.7. The van der Waals surface area contributed by atoms with E-state index in [1.165, 1.54) is 6.07 Å². The highest BCUT2D eigenvalue weighted by Gasteiger charge is 2.16. The molecule has 0 spiro atoms. The molecule has 30 heavy (non-hydrogen) atoms. The molecule has 1 heterocycles. The summed E-state index contributed by atoms with van der Waals surface area (Å²) in [4.78, 5) is 32.1. The molecule has 4 heteroatoms. The molecular weight excluding hydrogens is 372 g/mol. The molecule has 1 N–H and O–H groups in total. The van der Waals surface area contributed by atoms with Crippen LogP contribution in [-0.2, 0) is 0 Å². The molecule has 0 amide bonds. The molecule has 3 aromatic carbocycles. The second-order valence-corrected chi connectivity index (χ2v) is 7.37. The summed E-state index contributed by atoms with van der Waals surface area (Å²) in [5.41, 5.74) is 3.98. The zero-order chi connectivity index (χ0) is 20.9. The molecule has 148 valence electrons. The van der Waals surface area contributed by atoms with Crippen molar-refractivity contribution < 1.29 is 4.79 Å². The number of nitrogens with one attached hydrogen (secondary N) is 1. The lowest BCUT2D eigenvalue weighted by molar-refractivity contribution is 0.0970. The molecule has 0 aliphatic carbocycles. The topological polar surface area (TPSA) is 62.8 Å². The third kappa shape index (κ3) is 4.44. The molecule has 4 rings (SSSR count). The van der Waals surface area contributed by atoms with E-state index in [0.717, 1.165) is 22.3 Å². The van der Waals surface area contributed by atoms with E-state index in [1.807, 2.05) is 67.6 Å². The van der Waals surface area contributed by atoms with Crippen LogP contribution in [0.4, 0.5) is 0 Å². The van der Waals surface area contributed by atoms with E-state index in [2.05, 4.69) is 34.2 Å². The molecule has 0 aliphatic heterocycles. The van der Waals surface area contributed by atoms with Crippen molar-refractivity contribution in [2.45, 2.75) is 19.3 Å². The van der Waals surface area contributed by atoms with Gasteiger partial charge in [0.15, 0.2) is 5.78 Å². The first-order chi connectivity index (χ1) is 14.6. The van der Waals surface area contributed by atoms with E-state index in [9.17, 15) is 9.59 Å². The van der Waals surface area contributed by atoms with Crippen LogP contribution in [0.3, 0.4) is 0 Å². The second kappa shape index (κ2) is 8.70. The van der Waals surface area contributed by atoms with Crippen molar-refractivity contribution in [3.8, 4) is 22.5 Å². The van der Waals surface area contributed by atoms with Crippen molar-refractivity contribution in [2.24, 2.45) is 0 Å². The lowest BCUT2D eigenvalue weighted by Crippen LogP contribution is -2.15. The second-order valence-electron chi connectivity index (χ2n) is 7.37. The quantitative estimate of drug-likeness (QED) is 0.441. The Bertz CT molecular complexity index is 1210. The van der Waals surface area contributed by atoms with Crippen LogP contribution < -0.4 is 5.56 Å². The van der Waals surface area contributed by atoms with E-state index in [0.29, 0.717) is 5.82 Å². The van der Waals surface area contributed by atoms with Crippen molar-refractivity contribution in [3.05, 3.63) is 113 Å². The van der Waals surface area contributed by atoms with Crippen LogP contribution in [0.15, 0.2) is 95.8 Å². The summed E-state index contributed by atoms with van der Waals surface area (Å²) in [6, 6.07) is 29.0. The van der Waals surface area contributed by atoms with Gasteiger partial charge in [-0.1, -0.05) is 91.9 Å². The van der Waals surface area contributed by atoms with Gasteiger partial charge in [0.1, 0.15) is 11.5 Å². The van der Waals surface area contributed by atoms with Gasteiger partial charge >= 0.3 is 0 Å². The zero-order valence-electron chi connectivity index (χ0n) is 16.7. The molecule has 0 radical (unpaired) electrons. The van der Waals surface area contributed by atoms with Crippen LogP contribution >= 0.6 is 0 Å². The highest BCUT2D eigenvalue weighted by atomic mass is 16.1. The molecule has 4 nitrogen and oxygen atoms in total. The molecule has 0 saturated carbocycles. The maximum Gasteiger partial charge on any atom is 0.251 e. The largest absolute Gasteiger partial charge is 0.306 e. The maximum atomic E-state index is 12.9. The number of Topliss-reactive ketones (excluding diaryl/α,β-unsaturated/α-hetero) is 1. The van der Waals surface area contributed by atoms with Crippen LogP contribution in [0.25, 0.3) is 22.5 Å². The third-order valence-electron chi connectivity index (χ3n) is 5.13. The fourth-order valence-electron chi connectivity index (χ4n) is 3.49. The number of rotatable bonds is 6. The Kier molecular flexibility index (Phi) is 5.66. The van der Waals surface area contributed by atoms with Crippen LogP contribution in [0, 0.1) is 0 Å². The smallest absolute Gasteiger partial charge is 0.251 e. The number of nitrogens with zero attached hydrogens (tertiary/aromatic N) is 1. The van der Waals surface area contributed by atoms with Crippen LogP contribution in [-0.4, -0.2) is 15.8 Å². The monoisotopic (exact) mass is 394 g/mol. The van der Waals surface area contributed by atoms with Crippen LogP contribution in [0.5, 0.6) is 0 Å². The minimum Gasteiger partial charge on any atom is -0.306 e. The fraction of sp³-hybridized carbons (Fsp3) is 0.115. The van der Waals surface area contributed by atoms with Gasteiger partial charge in [0.25, 0.3) is 5.56 Å². The summed E-state index contributed by atoms with van der Waals surface area (Å²) in [5.74, 6) is 0.267. The number of ketones is 1. The van der Waals surface area contributed by atoms with Gasteiger partial charge in [-0.2, -0.15) is 0 Å². The Balaban J connectivity index is 1.56. The first kappa shape index (κ1) is 19.5. The van der Waals surface area contributed by atoms with Crippen LogP contribution in [0.2, 0.25) is 0 Å². The number of benzene rings is 3. The molecule has 1 aromatic heterocycles. The van der Waals surface area contributed by atoms with Crippen molar-refractivity contribution in [1.82, 2.24) is 9.97 Å². The lowest BCUT2D eigenvalue weighted by Gasteiger charge is -2.13. The Morgan fingerprint density at radius 3 is 2.17 bits per heavy atom. The Hall–Kier alpha value is -3.79. The normalized spacial score (nSPS) is 11.8. The molecule has 0 aliphatic rings. The average Bonchev–Trinajstić information content (AvgIpc) is 2.80. The summed E-state index contributed by atoms with van der Waals surface area (Å²) in [6.07, 6.45) is 0.281. The Labute approximate surface area is 175 Å². The number of aromatic amines is 1. The van der Waals surface area contributed by atoms with Gasteiger partial charge < -0.3 is 4.98 Å². The average molecular weight is 394 g/mol. The van der Waals surface area contributed by atoms with Gasteiger partial charge in [0, 0.05) is 18.1 Å². The summed E-state index contributed by atoms with van der Waals surface area (Å²) < 4.78 is 0. The number of carbonyl (C=O) groups is 1. The molecule has 0 saturated heterocycles. The molecule has 0 fully saturated rings. The highest BCUT2D eigenvalue weighted by molar-refractivity contribution is 5.95. The third-order valence-corrected chi connectivity index (χ3v) is 5.13. The van der Waals surface area contributed by atoms with Crippen molar-refractivity contribution in [2.75, 3.05) is 0 Å². The predicted octanol–water partition coefficient (Wildman–Crippen LogP) is 5.48. The van der Waals surface area contributed by atoms with Gasteiger partial charge in [0.05, 0.1) is 0 Å². The van der Waals surface area contributed by atoms with Gasteiger partial charge in [-0.05, 0) is 22.6 Å². The standard InChI is InChI=1S/C26H22N2O2/c1-18(21-13-8-14-22(16-21)19-9-4-2-5-10-19)15-24(29)23-17-25(30)28-26(27-23)20-11-6-3-7-12-20/h2-14,16-18H,15H2,1H3,(H,27,28,30). The molecule has 1 unspecified atom stereocenters. The van der Waals surface area contributed by atoms with Crippen molar-refractivity contribution in [1.29, 1.82) is 0 Å². The predicted molar refractivity (Wildman–Crippen MR) is 120 cm³/mol. The summed E-state index contributed by atoms with van der Waals surface area (Å²) in [5, 5.41) is 0. The van der Waals surface area contributed by atoms with E-state index < -0.39 is 0 Å². The van der Waals surface area contributed by atoms with E-state index in [4.69, 9.17) is 0 Å². The van der Waals surface area contributed by atoms with E-state index in [-0.39, 0.29) is 29.4 Å². The van der Waals surface area contributed by atoms with E-state index >= 15 is 0 Å². The Morgan fingerprint density at radius 2 is 1.47 bits per heavy atom. The number of carbonyl (C=O) groups excluding carboxylic acids is 1. The maximum absolute atomic E-state index is 12.9. The van der Waals surface area contributed by atoms with Crippen molar-refractivity contribution in [3.63, 3.8) is 0 Å². The first-order valence-electron chi connectivity index (χ1n) is 9.95. The van der Waals surface area contributed by atoms with Gasteiger partial charge in [-0.25, -0.2) is 4.98 Å². The number of hydrogen-bond donors (Lipinski definition) is 1. The number of hydrogen-bond acceptors (Lipinski definition) is 3. The minimum absolute atomic E-state index is 0.00225. The molecule has 4 aromatic rings. The fourth-order valence-corrected chi connectivity index (χ4v) is 3.49. The van der Waals surface area contributed by atoms with Gasteiger partial charge in [0.2, 0.25) is 0 Å². The van der Waals surface area contributed by atoms with Crippen molar-refractivity contribution >= 4 is 5.78 Å². The molecule has 1 atom stereocenters. The molecular formula is C26H22N2O2. The number of aromatic nitrogens is 2. The number of H-pyrrole nitrogens is 1. The first-order valence-corrected chi connectivity index (χ1v) is 9.95. The van der Waals surface area contributed by atoms with E-state index in [1.54, 1.807) is 0 Å². The van der Waals surface area contributed by atoms with Gasteiger partial charge in [-0.3, -0.25) is 9.59 Å². The van der Waals surface area contributed by atoms with Gasteiger partial charge in [-0.15, -0.1) is 0 Å². The molecule has 0 bridgehead atoms. The van der Waals surface area contributed by atoms with Crippen LogP contribution in [0.1, 0.15) is 35.3 Å².